The number of hydrogen-bond donors (Lipinski definition) is 2. The lowest BCUT2D eigenvalue weighted by Crippen LogP contribution is -2.42. The standard InChI is InChI=1S/C21H24N4O3S/c1-14-11-15(2)13-25(12-14)29(27,28)17-9-7-16(8-10-17)22-21(26)20-18-5-3-4-6-19(18)23-24-20/h3-10,14-15H,11-13H2,1-2H3,(H,22,26)(H,23,24)/t14-,15-/m0/s1. The van der Waals surface area contributed by atoms with Crippen molar-refractivity contribution in [2.75, 3.05) is 18.4 Å². The molecular formula is C21H24N4O3S. The second-order valence-electron chi connectivity index (χ2n) is 7.86. The van der Waals surface area contributed by atoms with E-state index < -0.39 is 10.0 Å². The summed E-state index contributed by atoms with van der Waals surface area (Å²) < 4.78 is 27.5. The molecule has 1 amide bonds. The summed E-state index contributed by atoms with van der Waals surface area (Å²) >= 11 is 0. The minimum absolute atomic E-state index is 0.238. The molecule has 2 N–H and O–H groups in total. The average Bonchev–Trinajstić information content (AvgIpc) is 3.12. The van der Waals surface area contributed by atoms with E-state index in [2.05, 4.69) is 29.4 Å². The van der Waals surface area contributed by atoms with E-state index in [9.17, 15) is 13.2 Å². The van der Waals surface area contributed by atoms with Crippen molar-refractivity contribution in [1.82, 2.24) is 14.5 Å². The van der Waals surface area contributed by atoms with Crippen molar-refractivity contribution in [3.8, 4) is 0 Å². The fraction of sp³-hybridized carbons (Fsp3) is 0.333. The van der Waals surface area contributed by atoms with Crippen LogP contribution >= 0.6 is 0 Å². The number of carbonyl (C=O) groups is 1. The molecule has 2 atom stereocenters. The summed E-state index contributed by atoms with van der Waals surface area (Å²) in [6.07, 6.45) is 1.04. The Labute approximate surface area is 170 Å². The van der Waals surface area contributed by atoms with Crippen LogP contribution < -0.4 is 5.32 Å². The normalized spacial score (nSPS) is 20.6. The van der Waals surface area contributed by atoms with E-state index in [-0.39, 0.29) is 10.8 Å². The van der Waals surface area contributed by atoms with Crippen LogP contribution in [0.2, 0.25) is 0 Å². The summed E-state index contributed by atoms with van der Waals surface area (Å²) in [6, 6.07) is 13.7. The SMILES string of the molecule is C[C@H]1C[C@H](C)CN(S(=O)(=O)c2ccc(NC(=O)c3n[nH]c4ccccc34)cc2)C1. The number of benzene rings is 2. The van der Waals surface area contributed by atoms with Gasteiger partial charge >= 0.3 is 0 Å². The topological polar surface area (TPSA) is 95.2 Å². The summed E-state index contributed by atoms with van der Waals surface area (Å²) in [6.45, 7) is 5.24. The first-order chi connectivity index (χ1) is 13.8. The predicted molar refractivity (Wildman–Crippen MR) is 112 cm³/mol. The zero-order valence-electron chi connectivity index (χ0n) is 16.4. The zero-order chi connectivity index (χ0) is 20.6. The van der Waals surface area contributed by atoms with Crippen molar-refractivity contribution >= 4 is 32.5 Å². The van der Waals surface area contributed by atoms with E-state index >= 15 is 0 Å². The first kappa shape index (κ1) is 19.6. The van der Waals surface area contributed by atoms with Crippen molar-refractivity contribution in [1.29, 1.82) is 0 Å². The van der Waals surface area contributed by atoms with Crippen LogP contribution in [0.4, 0.5) is 5.69 Å². The van der Waals surface area contributed by atoms with Gasteiger partial charge in [0.1, 0.15) is 0 Å². The third-order valence-corrected chi connectivity index (χ3v) is 7.12. The molecule has 1 aromatic heterocycles. The monoisotopic (exact) mass is 412 g/mol. The number of rotatable bonds is 4. The molecular weight excluding hydrogens is 388 g/mol. The second kappa shape index (κ2) is 7.61. The number of hydrogen-bond acceptors (Lipinski definition) is 4. The van der Waals surface area contributed by atoms with E-state index in [0.29, 0.717) is 36.3 Å². The molecule has 1 aliphatic heterocycles. The molecule has 0 radical (unpaired) electrons. The molecule has 2 aromatic carbocycles. The number of nitrogens with one attached hydrogen (secondary N) is 2. The Hall–Kier alpha value is -2.71. The fourth-order valence-electron chi connectivity index (χ4n) is 3.99. The van der Waals surface area contributed by atoms with Gasteiger partial charge in [-0.3, -0.25) is 9.89 Å². The number of para-hydroxylation sites is 1. The second-order valence-corrected chi connectivity index (χ2v) is 9.80. The van der Waals surface area contributed by atoms with Crippen LogP contribution in [0.3, 0.4) is 0 Å². The van der Waals surface area contributed by atoms with Gasteiger partial charge in [0, 0.05) is 24.2 Å². The maximum atomic E-state index is 13.0. The fourth-order valence-corrected chi connectivity index (χ4v) is 5.67. The maximum absolute atomic E-state index is 13.0. The maximum Gasteiger partial charge on any atom is 0.276 e. The number of amides is 1. The van der Waals surface area contributed by atoms with Crippen LogP contribution in [0.15, 0.2) is 53.4 Å². The van der Waals surface area contributed by atoms with E-state index in [1.165, 1.54) is 12.1 Å². The summed E-state index contributed by atoms with van der Waals surface area (Å²) in [5, 5.41) is 10.4. The molecule has 3 aromatic rings. The third kappa shape index (κ3) is 3.90. The molecule has 0 saturated carbocycles. The van der Waals surface area contributed by atoms with Crippen molar-refractivity contribution in [3.63, 3.8) is 0 Å². The number of sulfonamides is 1. The average molecular weight is 413 g/mol. The minimum Gasteiger partial charge on any atom is -0.321 e. The Balaban J connectivity index is 1.51. The summed E-state index contributed by atoms with van der Waals surface area (Å²) in [5.41, 5.74) is 1.60. The highest BCUT2D eigenvalue weighted by molar-refractivity contribution is 7.89. The number of nitrogens with zero attached hydrogens (tertiary/aromatic N) is 2. The Morgan fingerprint density at radius 2 is 1.72 bits per heavy atom. The lowest BCUT2D eigenvalue weighted by atomic mass is 9.94. The molecule has 1 saturated heterocycles. The van der Waals surface area contributed by atoms with Gasteiger partial charge in [0.05, 0.1) is 10.4 Å². The Bertz CT molecular complexity index is 1130. The van der Waals surface area contributed by atoms with Crippen LogP contribution in [-0.4, -0.2) is 41.9 Å². The van der Waals surface area contributed by atoms with Gasteiger partial charge in [0.15, 0.2) is 5.69 Å². The van der Waals surface area contributed by atoms with Crippen molar-refractivity contribution in [3.05, 3.63) is 54.2 Å². The zero-order valence-corrected chi connectivity index (χ0v) is 17.2. The molecule has 7 nitrogen and oxygen atoms in total. The molecule has 0 bridgehead atoms. The summed E-state index contributed by atoms with van der Waals surface area (Å²) in [7, 11) is -3.54. The smallest absolute Gasteiger partial charge is 0.276 e. The van der Waals surface area contributed by atoms with Gasteiger partial charge < -0.3 is 5.32 Å². The largest absolute Gasteiger partial charge is 0.321 e. The highest BCUT2D eigenvalue weighted by Gasteiger charge is 2.31. The van der Waals surface area contributed by atoms with E-state index in [0.717, 1.165) is 17.3 Å². The van der Waals surface area contributed by atoms with Gasteiger partial charge in [-0.1, -0.05) is 32.0 Å². The van der Waals surface area contributed by atoms with Crippen molar-refractivity contribution in [2.45, 2.75) is 25.2 Å². The minimum atomic E-state index is -3.54. The van der Waals surface area contributed by atoms with Gasteiger partial charge in [-0.25, -0.2) is 8.42 Å². The Morgan fingerprint density at radius 1 is 1.07 bits per heavy atom. The molecule has 2 heterocycles. The van der Waals surface area contributed by atoms with Gasteiger partial charge in [-0.15, -0.1) is 0 Å². The molecule has 0 aliphatic carbocycles. The molecule has 1 fully saturated rings. The first-order valence-electron chi connectivity index (χ1n) is 9.69. The number of aromatic nitrogens is 2. The Morgan fingerprint density at radius 3 is 2.41 bits per heavy atom. The third-order valence-electron chi connectivity index (χ3n) is 5.27. The van der Waals surface area contributed by atoms with Gasteiger partial charge in [-0.05, 0) is 48.6 Å². The van der Waals surface area contributed by atoms with Crippen molar-refractivity contribution in [2.24, 2.45) is 11.8 Å². The van der Waals surface area contributed by atoms with Crippen LogP contribution in [0.25, 0.3) is 10.9 Å². The Kier molecular flexibility index (Phi) is 5.14. The first-order valence-corrected chi connectivity index (χ1v) is 11.1. The van der Waals surface area contributed by atoms with E-state index in [1.54, 1.807) is 16.4 Å². The van der Waals surface area contributed by atoms with Crippen LogP contribution in [0, 0.1) is 11.8 Å². The highest BCUT2D eigenvalue weighted by atomic mass is 32.2. The van der Waals surface area contributed by atoms with E-state index in [1.807, 2.05) is 24.3 Å². The number of H-pyrrole nitrogens is 1. The molecule has 29 heavy (non-hydrogen) atoms. The van der Waals surface area contributed by atoms with Crippen LogP contribution in [0.1, 0.15) is 30.8 Å². The van der Waals surface area contributed by atoms with Gasteiger partial charge in [-0.2, -0.15) is 9.40 Å². The van der Waals surface area contributed by atoms with Gasteiger partial charge in [0.25, 0.3) is 5.91 Å². The molecule has 152 valence electrons. The summed E-state index contributed by atoms with van der Waals surface area (Å²) in [4.78, 5) is 12.8. The molecule has 4 rings (SSSR count). The number of piperidine rings is 1. The number of carbonyl (C=O) groups excluding carboxylic acids is 1. The molecule has 1 aliphatic rings. The van der Waals surface area contributed by atoms with E-state index in [4.69, 9.17) is 0 Å². The number of fused-ring (bicyclic) bond motifs is 1. The summed E-state index contributed by atoms with van der Waals surface area (Å²) in [5.74, 6) is 0.336. The predicted octanol–water partition coefficient (Wildman–Crippen LogP) is 3.48. The molecule has 0 unspecified atom stereocenters. The van der Waals surface area contributed by atoms with Gasteiger partial charge in [0.2, 0.25) is 10.0 Å². The molecule has 0 spiro atoms. The van der Waals surface area contributed by atoms with Crippen molar-refractivity contribution < 1.29 is 13.2 Å². The van der Waals surface area contributed by atoms with Crippen LogP contribution in [-0.2, 0) is 10.0 Å². The number of anilines is 1. The van der Waals surface area contributed by atoms with Crippen LogP contribution in [0.5, 0.6) is 0 Å². The lowest BCUT2D eigenvalue weighted by molar-refractivity contribution is 0.102. The lowest BCUT2D eigenvalue weighted by Gasteiger charge is -2.34. The number of aromatic amines is 1. The molecule has 8 heteroatoms. The quantitative estimate of drug-likeness (QED) is 0.686. The highest BCUT2D eigenvalue weighted by Crippen LogP contribution is 2.27.